The molecule has 0 fully saturated rings. The third-order valence-corrected chi connectivity index (χ3v) is 5.03. The summed E-state index contributed by atoms with van der Waals surface area (Å²) in [6, 6.07) is 9.47. The zero-order chi connectivity index (χ0) is 25.1. The number of hydrogen-bond acceptors (Lipinski definition) is 8. The predicted octanol–water partition coefficient (Wildman–Crippen LogP) is 2.48. The van der Waals surface area contributed by atoms with Crippen LogP contribution >= 0.6 is 0 Å². The van der Waals surface area contributed by atoms with Crippen molar-refractivity contribution in [2.24, 2.45) is 0 Å². The van der Waals surface area contributed by atoms with Gasteiger partial charge in [0.05, 0.1) is 0 Å². The molecule has 3 aromatic rings. The van der Waals surface area contributed by atoms with Gasteiger partial charge in [-0.1, -0.05) is 12.1 Å². The summed E-state index contributed by atoms with van der Waals surface area (Å²) in [6.07, 6.45) is 5.62. The highest BCUT2D eigenvalue weighted by molar-refractivity contribution is 5.97. The fraction of sp³-hybridized carbons (Fsp3) is 0.125. The van der Waals surface area contributed by atoms with Crippen molar-refractivity contribution in [3.63, 3.8) is 0 Å². The number of hydrogen-bond donors (Lipinski definition) is 2. The molecule has 35 heavy (non-hydrogen) atoms. The number of aliphatic hydroxyl groups excluding tert-OH is 1. The molecule has 0 radical (unpaired) electrons. The van der Waals surface area contributed by atoms with Crippen LogP contribution in [-0.4, -0.2) is 44.0 Å². The first-order valence-electron chi connectivity index (χ1n) is 10.4. The highest BCUT2D eigenvalue weighted by atomic mass is 16.6. The van der Waals surface area contributed by atoms with E-state index in [0.29, 0.717) is 16.9 Å². The molecule has 1 aromatic carbocycles. The van der Waals surface area contributed by atoms with Crippen LogP contribution in [0.5, 0.6) is 0 Å². The van der Waals surface area contributed by atoms with Gasteiger partial charge >= 0.3 is 11.9 Å². The molecule has 2 aromatic heterocycles. The van der Waals surface area contributed by atoms with Crippen molar-refractivity contribution >= 4 is 23.5 Å². The molecular formula is C24H20N4O7. The molecule has 0 saturated heterocycles. The molecule has 3 heterocycles. The summed E-state index contributed by atoms with van der Waals surface area (Å²) in [5.74, 6) is -2.18. The Bertz CT molecular complexity index is 1420. The number of benzene rings is 1. The lowest BCUT2D eigenvalue weighted by Crippen LogP contribution is -2.32. The van der Waals surface area contributed by atoms with Gasteiger partial charge in [0, 0.05) is 37.6 Å². The van der Waals surface area contributed by atoms with Gasteiger partial charge < -0.3 is 19.6 Å². The SMILES string of the molecule is CC(=O)OC1=CCOC(O)=C1N(C(C)=O)c1ccc(-c2ccc(C(=O)n3ccnc3)c(=O)[nH]2)cc1. The summed E-state index contributed by atoms with van der Waals surface area (Å²) >= 11 is 0. The molecule has 0 unspecified atom stereocenters. The molecule has 0 aliphatic carbocycles. The number of carbonyl (C=O) groups is 3. The van der Waals surface area contributed by atoms with E-state index in [9.17, 15) is 24.3 Å². The maximum atomic E-state index is 12.5. The number of H-pyrrole nitrogens is 1. The Labute approximate surface area is 198 Å². The number of aromatic amines is 1. The Hall–Kier alpha value is -4.93. The summed E-state index contributed by atoms with van der Waals surface area (Å²) < 4.78 is 11.5. The fourth-order valence-electron chi connectivity index (χ4n) is 3.50. The second-order valence-electron chi connectivity index (χ2n) is 7.42. The molecule has 178 valence electrons. The van der Waals surface area contributed by atoms with Crippen molar-refractivity contribution in [3.05, 3.63) is 94.5 Å². The number of ether oxygens (including phenoxy) is 2. The van der Waals surface area contributed by atoms with E-state index < -0.39 is 29.3 Å². The number of esters is 1. The van der Waals surface area contributed by atoms with E-state index in [1.54, 1.807) is 30.3 Å². The number of pyridine rings is 1. The number of nitrogens with one attached hydrogen (secondary N) is 1. The lowest BCUT2D eigenvalue weighted by atomic mass is 10.1. The topological polar surface area (TPSA) is 144 Å². The van der Waals surface area contributed by atoms with Crippen molar-refractivity contribution in [2.75, 3.05) is 11.5 Å². The van der Waals surface area contributed by atoms with Crippen LogP contribution < -0.4 is 10.5 Å². The molecule has 0 spiro atoms. The predicted molar refractivity (Wildman–Crippen MR) is 123 cm³/mol. The van der Waals surface area contributed by atoms with Crippen LogP contribution in [0.15, 0.2) is 83.4 Å². The van der Waals surface area contributed by atoms with Crippen LogP contribution in [0.3, 0.4) is 0 Å². The maximum Gasteiger partial charge on any atom is 0.308 e. The third-order valence-electron chi connectivity index (χ3n) is 5.03. The third kappa shape index (κ3) is 4.74. The number of amides is 1. The zero-order valence-corrected chi connectivity index (χ0v) is 18.7. The molecule has 0 atom stereocenters. The van der Waals surface area contributed by atoms with Gasteiger partial charge in [0.2, 0.25) is 5.91 Å². The Kier molecular flexibility index (Phi) is 6.32. The summed E-state index contributed by atoms with van der Waals surface area (Å²) in [5.41, 5.74) is 0.673. The van der Waals surface area contributed by atoms with Gasteiger partial charge in [-0.2, -0.15) is 0 Å². The zero-order valence-electron chi connectivity index (χ0n) is 18.7. The van der Waals surface area contributed by atoms with E-state index in [4.69, 9.17) is 9.47 Å². The number of aliphatic hydroxyl groups is 1. The van der Waals surface area contributed by atoms with Gasteiger partial charge in [-0.15, -0.1) is 0 Å². The molecule has 4 rings (SSSR count). The van der Waals surface area contributed by atoms with Crippen LogP contribution in [0.2, 0.25) is 0 Å². The van der Waals surface area contributed by atoms with E-state index in [1.165, 1.54) is 49.3 Å². The number of aromatic nitrogens is 3. The molecule has 1 aliphatic heterocycles. The van der Waals surface area contributed by atoms with Crippen molar-refractivity contribution < 1.29 is 29.0 Å². The highest BCUT2D eigenvalue weighted by Gasteiger charge is 2.30. The van der Waals surface area contributed by atoms with Crippen LogP contribution in [0.25, 0.3) is 11.3 Å². The average Bonchev–Trinajstić information content (AvgIpc) is 3.35. The summed E-state index contributed by atoms with van der Waals surface area (Å²) in [4.78, 5) is 56.5. The van der Waals surface area contributed by atoms with Crippen LogP contribution in [0, 0.1) is 0 Å². The lowest BCUT2D eigenvalue weighted by Gasteiger charge is -2.27. The second-order valence-corrected chi connectivity index (χ2v) is 7.42. The normalized spacial score (nSPS) is 13.0. The Morgan fingerprint density at radius 2 is 1.89 bits per heavy atom. The first-order chi connectivity index (χ1) is 16.8. The smallest absolute Gasteiger partial charge is 0.308 e. The van der Waals surface area contributed by atoms with Crippen molar-refractivity contribution in [1.82, 2.24) is 14.5 Å². The maximum absolute atomic E-state index is 12.5. The molecule has 1 aliphatic rings. The van der Waals surface area contributed by atoms with Crippen molar-refractivity contribution in [1.29, 1.82) is 0 Å². The Morgan fingerprint density at radius 1 is 1.14 bits per heavy atom. The molecule has 1 amide bonds. The van der Waals surface area contributed by atoms with Crippen molar-refractivity contribution in [3.8, 4) is 11.3 Å². The number of anilines is 1. The standard InChI is InChI=1S/C24H20N4O7/c1-14(29)28(21-20(35-15(2)30)9-12-34-24(21)33)17-5-3-16(4-6-17)19-8-7-18(22(31)26-19)23(32)27-11-10-25-13-27/h3-11,13,33H,12H2,1-2H3,(H,26,31). The average molecular weight is 476 g/mol. The first kappa shape index (κ1) is 23.2. The van der Waals surface area contributed by atoms with E-state index in [1.807, 2.05) is 0 Å². The van der Waals surface area contributed by atoms with E-state index in [0.717, 1.165) is 4.90 Å². The van der Waals surface area contributed by atoms with Gasteiger partial charge in [-0.3, -0.25) is 28.6 Å². The van der Waals surface area contributed by atoms with Gasteiger partial charge in [-0.25, -0.2) is 4.98 Å². The number of rotatable bonds is 5. The van der Waals surface area contributed by atoms with Gasteiger partial charge in [0.1, 0.15) is 18.5 Å². The second kappa shape index (κ2) is 9.51. The van der Waals surface area contributed by atoms with Gasteiger partial charge in [0.25, 0.3) is 11.5 Å². The number of imidazole rings is 1. The first-order valence-corrected chi connectivity index (χ1v) is 10.4. The van der Waals surface area contributed by atoms with Crippen LogP contribution in [0.1, 0.15) is 24.2 Å². The van der Waals surface area contributed by atoms with Crippen LogP contribution in [-0.2, 0) is 19.1 Å². The summed E-state index contributed by atoms with van der Waals surface area (Å²) in [7, 11) is 0. The van der Waals surface area contributed by atoms with E-state index in [-0.39, 0.29) is 23.6 Å². The number of nitrogens with zero attached hydrogens (tertiary/aromatic N) is 3. The summed E-state index contributed by atoms with van der Waals surface area (Å²) in [5, 5.41) is 10.3. The Balaban J connectivity index is 1.64. The van der Waals surface area contributed by atoms with Crippen LogP contribution in [0.4, 0.5) is 5.69 Å². The molecule has 2 N–H and O–H groups in total. The quantitative estimate of drug-likeness (QED) is 0.535. The fourth-order valence-corrected chi connectivity index (χ4v) is 3.50. The van der Waals surface area contributed by atoms with E-state index in [2.05, 4.69) is 9.97 Å². The Morgan fingerprint density at radius 3 is 2.49 bits per heavy atom. The minimum atomic E-state index is -0.624. The number of carbonyl (C=O) groups excluding carboxylic acids is 3. The lowest BCUT2D eigenvalue weighted by molar-refractivity contribution is -0.137. The molecule has 0 bridgehead atoms. The molecule has 11 nitrogen and oxygen atoms in total. The highest BCUT2D eigenvalue weighted by Crippen LogP contribution is 2.31. The summed E-state index contributed by atoms with van der Waals surface area (Å²) in [6.45, 7) is 2.45. The minimum absolute atomic E-state index is 0.0111. The molecule has 11 heteroatoms. The molecule has 0 saturated carbocycles. The van der Waals surface area contributed by atoms with E-state index >= 15 is 0 Å². The largest absolute Gasteiger partial charge is 0.479 e. The van der Waals surface area contributed by atoms with Gasteiger partial charge in [0.15, 0.2) is 11.5 Å². The minimum Gasteiger partial charge on any atom is -0.479 e. The molecular weight excluding hydrogens is 456 g/mol. The monoisotopic (exact) mass is 476 g/mol. The van der Waals surface area contributed by atoms with Gasteiger partial charge in [-0.05, 0) is 35.9 Å². The van der Waals surface area contributed by atoms with Crippen molar-refractivity contribution in [2.45, 2.75) is 13.8 Å².